The van der Waals surface area contributed by atoms with Gasteiger partial charge in [-0.3, -0.25) is 4.79 Å². The number of benzene rings is 2. The molecule has 0 radical (unpaired) electrons. The fraction of sp³-hybridized carbons (Fsp3) is 0.250. The third-order valence-corrected chi connectivity index (χ3v) is 3.80. The van der Waals surface area contributed by atoms with Crippen LogP contribution in [0.1, 0.15) is 27.0 Å². The van der Waals surface area contributed by atoms with Gasteiger partial charge in [0.1, 0.15) is 0 Å². The summed E-state index contributed by atoms with van der Waals surface area (Å²) in [6.45, 7) is 3.94. The smallest absolute Gasteiger partial charge is 0.203 e. The Morgan fingerprint density at radius 1 is 0.917 bits per heavy atom. The Morgan fingerprint density at radius 3 is 2.21 bits per heavy atom. The second-order valence-electron chi connectivity index (χ2n) is 5.44. The van der Waals surface area contributed by atoms with Crippen LogP contribution in [0.5, 0.6) is 17.2 Å². The zero-order valence-electron chi connectivity index (χ0n) is 14.7. The molecule has 0 atom stereocenters. The molecular formula is C20H22O4. The van der Waals surface area contributed by atoms with Crippen LogP contribution in [0.4, 0.5) is 0 Å². The van der Waals surface area contributed by atoms with Crippen LogP contribution < -0.4 is 14.2 Å². The van der Waals surface area contributed by atoms with Gasteiger partial charge in [0.05, 0.1) is 21.3 Å². The van der Waals surface area contributed by atoms with E-state index in [0.717, 1.165) is 16.7 Å². The van der Waals surface area contributed by atoms with Crippen LogP contribution in [0.2, 0.25) is 0 Å². The summed E-state index contributed by atoms with van der Waals surface area (Å²) in [5.74, 6) is 1.55. The standard InChI is InChI=1S/C20H22O4/c1-13-6-9-16(14(2)12-13)17(21)10-7-15-8-11-18(22-3)20(24-5)19(15)23-4/h6-12H,1-5H3/b10-7+. The molecule has 0 aromatic heterocycles. The molecule has 0 spiro atoms. The largest absolute Gasteiger partial charge is 0.493 e. The highest BCUT2D eigenvalue weighted by atomic mass is 16.5. The molecule has 0 fully saturated rings. The van der Waals surface area contributed by atoms with Gasteiger partial charge in [0.25, 0.3) is 0 Å². The van der Waals surface area contributed by atoms with Gasteiger partial charge < -0.3 is 14.2 Å². The quantitative estimate of drug-likeness (QED) is 0.589. The van der Waals surface area contributed by atoms with Gasteiger partial charge in [0.15, 0.2) is 17.3 Å². The van der Waals surface area contributed by atoms with Crippen molar-refractivity contribution < 1.29 is 19.0 Å². The van der Waals surface area contributed by atoms with Crippen molar-refractivity contribution in [3.63, 3.8) is 0 Å². The Balaban J connectivity index is 2.36. The van der Waals surface area contributed by atoms with Crippen molar-refractivity contribution in [1.82, 2.24) is 0 Å². The predicted molar refractivity (Wildman–Crippen MR) is 95.4 cm³/mol. The fourth-order valence-corrected chi connectivity index (χ4v) is 2.60. The monoisotopic (exact) mass is 326 g/mol. The maximum atomic E-state index is 12.4. The van der Waals surface area contributed by atoms with E-state index < -0.39 is 0 Å². The van der Waals surface area contributed by atoms with Gasteiger partial charge in [-0.2, -0.15) is 0 Å². The van der Waals surface area contributed by atoms with Crippen LogP contribution in [0.15, 0.2) is 36.4 Å². The Labute approximate surface area is 142 Å². The topological polar surface area (TPSA) is 44.8 Å². The molecule has 2 aromatic carbocycles. The van der Waals surface area contributed by atoms with Crippen molar-refractivity contribution in [2.45, 2.75) is 13.8 Å². The van der Waals surface area contributed by atoms with E-state index >= 15 is 0 Å². The van der Waals surface area contributed by atoms with Gasteiger partial charge in [-0.25, -0.2) is 0 Å². The van der Waals surface area contributed by atoms with Crippen LogP contribution in [0, 0.1) is 13.8 Å². The van der Waals surface area contributed by atoms with Crippen molar-refractivity contribution >= 4 is 11.9 Å². The van der Waals surface area contributed by atoms with E-state index in [0.29, 0.717) is 22.8 Å². The molecule has 0 saturated heterocycles. The Hall–Kier alpha value is -2.75. The van der Waals surface area contributed by atoms with Gasteiger partial charge >= 0.3 is 0 Å². The van der Waals surface area contributed by atoms with Gasteiger partial charge in [0, 0.05) is 11.1 Å². The Bertz CT molecular complexity index is 775. The maximum absolute atomic E-state index is 12.4. The number of aryl methyl sites for hydroxylation is 2. The summed E-state index contributed by atoms with van der Waals surface area (Å²) in [6.07, 6.45) is 3.27. The van der Waals surface area contributed by atoms with E-state index in [2.05, 4.69) is 0 Å². The van der Waals surface area contributed by atoms with Crippen molar-refractivity contribution in [1.29, 1.82) is 0 Å². The van der Waals surface area contributed by atoms with Crippen molar-refractivity contribution in [3.8, 4) is 17.2 Å². The number of carbonyl (C=O) groups is 1. The van der Waals surface area contributed by atoms with Gasteiger partial charge in [0.2, 0.25) is 5.75 Å². The fourth-order valence-electron chi connectivity index (χ4n) is 2.60. The summed E-state index contributed by atoms with van der Waals surface area (Å²) in [5.41, 5.74) is 3.53. The van der Waals surface area contributed by atoms with E-state index in [9.17, 15) is 4.79 Å². The molecule has 0 bridgehead atoms. The minimum Gasteiger partial charge on any atom is -0.493 e. The van der Waals surface area contributed by atoms with E-state index in [1.165, 1.54) is 0 Å². The zero-order chi connectivity index (χ0) is 17.7. The summed E-state index contributed by atoms with van der Waals surface area (Å²) in [5, 5.41) is 0. The minimum atomic E-state index is -0.0515. The lowest BCUT2D eigenvalue weighted by Gasteiger charge is -2.14. The van der Waals surface area contributed by atoms with Gasteiger partial charge in [-0.05, 0) is 43.7 Å². The molecule has 0 heterocycles. The SMILES string of the molecule is COc1ccc(/C=C/C(=O)c2ccc(C)cc2C)c(OC)c1OC. The zero-order valence-corrected chi connectivity index (χ0v) is 14.7. The number of hydrogen-bond acceptors (Lipinski definition) is 4. The predicted octanol–water partition coefficient (Wildman–Crippen LogP) is 4.23. The summed E-state index contributed by atoms with van der Waals surface area (Å²) >= 11 is 0. The third kappa shape index (κ3) is 3.59. The normalized spacial score (nSPS) is 10.7. The molecule has 0 aliphatic rings. The maximum Gasteiger partial charge on any atom is 0.203 e. The molecule has 4 nitrogen and oxygen atoms in total. The summed E-state index contributed by atoms with van der Waals surface area (Å²) in [7, 11) is 4.67. The number of methoxy groups -OCH3 is 3. The second-order valence-corrected chi connectivity index (χ2v) is 5.44. The lowest BCUT2D eigenvalue weighted by molar-refractivity contribution is 0.104. The van der Waals surface area contributed by atoms with Crippen LogP contribution in [-0.4, -0.2) is 27.1 Å². The molecule has 126 valence electrons. The molecular weight excluding hydrogens is 304 g/mol. The van der Waals surface area contributed by atoms with Crippen LogP contribution >= 0.6 is 0 Å². The molecule has 2 rings (SSSR count). The van der Waals surface area contributed by atoms with Crippen LogP contribution in [0.3, 0.4) is 0 Å². The van der Waals surface area contributed by atoms with Gasteiger partial charge in [-0.15, -0.1) is 0 Å². The number of allylic oxidation sites excluding steroid dienone is 1. The first kappa shape index (κ1) is 17.6. The minimum absolute atomic E-state index is 0.0515. The van der Waals surface area contributed by atoms with Crippen molar-refractivity contribution in [2.24, 2.45) is 0 Å². The summed E-state index contributed by atoms with van der Waals surface area (Å²) in [6, 6.07) is 9.39. The summed E-state index contributed by atoms with van der Waals surface area (Å²) < 4.78 is 16.0. The number of hydrogen-bond donors (Lipinski definition) is 0. The highest BCUT2D eigenvalue weighted by Gasteiger charge is 2.14. The lowest BCUT2D eigenvalue weighted by atomic mass is 10.0. The molecule has 0 saturated carbocycles. The molecule has 0 amide bonds. The number of ether oxygens (including phenoxy) is 3. The first-order valence-electron chi connectivity index (χ1n) is 7.60. The first-order valence-corrected chi connectivity index (χ1v) is 7.60. The molecule has 24 heavy (non-hydrogen) atoms. The molecule has 0 aliphatic carbocycles. The average Bonchev–Trinajstić information content (AvgIpc) is 2.58. The molecule has 4 heteroatoms. The highest BCUT2D eigenvalue weighted by molar-refractivity contribution is 6.08. The molecule has 0 unspecified atom stereocenters. The lowest BCUT2D eigenvalue weighted by Crippen LogP contribution is -1.99. The van der Waals surface area contributed by atoms with Crippen molar-refractivity contribution in [2.75, 3.05) is 21.3 Å². The van der Waals surface area contributed by atoms with Crippen LogP contribution in [0.25, 0.3) is 6.08 Å². The summed E-state index contributed by atoms with van der Waals surface area (Å²) in [4.78, 5) is 12.4. The first-order chi connectivity index (χ1) is 11.5. The third-order valence-electron chi connectivity index (χ3n) is 3.80. The number of ketones is 1. The second kappa shape index (κ2) is 7.68. The molecule has 0 aliphatic heterocycles. The van der Waals surface area contributed by atoms with E-state index in [4.69, 9.17) is 14.2 Å². The number of carbonyl (C=O) groups excluding carboxylic acids is 1. The number of rotatable bonds is 6. The molecule has 2 aromatic rings. The van der Waals surface area contributed by atoms with Crippen LogP contribution in [-0.2, 0) is 0 Å². The van der Waals surface area contributed by atoms with Gasteiger partial charge in [-0.1, -0.05) is 23.8 Å². The van der Waals surface area contributed by atoms with E-state index in [-0.39, 0.29) is 5.78 Å². The average molecular weight is 326 g/mol. The van der Waals surface area contributed by atoms with E-state index in [1.807, 2.05) is 38.1 Å². The highest BCUT2D eigenvalue weighted by Crippen LogP contribution is 2.40. The Morgan fingerprint density at radius 2 is 1.62 bits per heavy atom. The molecule has 0 N–H and O–H groups in total. The van der Waals surface area contributed by atoms with E-state index in [1.54, 1.807) is 39.5 Å². The van der Waals surface area contributed by atoms with Crippen molar-refractivity contribution in [3.05, 3.63) is 58.7 Å². The Kier molecular flexibility index (Phi) is 5.64.